The maximum absolute atomic E-state index is 11.8. The summed E-state index contributed by atoms with van der Waals surface area (Å²) in [5.41, 5.74) is 0. The van der Waals surface area contributed by atoms with Gasteiger partial charge < -0.3 is 15.3 Å². The summed E-state index contributed by atoms with van der Waals surface area (Å²) in [5, 5.41) is 11.3. The molecule has 0 saturated carbocycles. The lowest BCUT2D eigenvalue weighted by Gasteiger charge is -2.22. The summed E-state index contributed by atoms with van der Waals surface area (Å²) in [7, 11) is 0. The molecule has 2 N–H and O–H groups in total. The summed E-state index contributed by atoms with van der Waals surface area (Å²) >= 11 is 0. The number of carboxylic acid groups (broad SMARTS) is 1. The van der Waals surface area contributed by atoms with Crippen LogP contribution >= 0.6 is 0 Å². The number of terminal acetylenes is 1. The van der Waals surface area contributed by atoms with Gasteiger partial charge in [0, 0.05) is 19.5 Å². The number of nitrogens with zero attached hydrogens (tertiary/aromatic N) is 1. The van der Waals surface area contributed by atoms with E-state index in [1.165, 1.54) is 0 Å². The first-order valence-electron chi connectivity index (χ1n) is 5.87. The van der Waals surface area contributed by atoms with Crippen molar-refractivity contribution in [2.75, 3.05) is 13.1 Å². The minimum atomic E-state index is -1.09. The van der Waals surface area contributed by atoms with E-state index in [1.54, 1.807) is 4.90 Å². The highest BCUT2D eigenvalue weighted by Crippen LogP contribution is 2.09. The van der Waals surface area contributed by atoms with Crippen molar-refractivity contribution in [3.63, 3.8) is 0 Å². The van der Waals surface area contributed by atoms with Gasteiger partial charge in [0.1, 0.15) is 6.04 Å². The van der Waals surface area contributed by atoms with Gasteiger partial charge in [-0.1, -0.05) is 12.8 Å². The molecule has 1 aliphatic rings. The van der Waals surface area contributed by atoms with Crippen molar-refractivity contribution >= 4 is 12.0 Å². The lowest BCUT2D eigenvalue weighted by Crippen LogP contribution is -2.48. The van der Waals surface area contributed by atoms with Crippen LogP contribution in [0.5, 0.6) is 0 Å². The third-order valence-corrected chi connectivity index (χ3v) is 2.81. The predicted molar refractivity (Wildman–Crippen MR) is 63.4 cm³/mol. The lowest BCUT2D eigenvalue weighted by atomic mass is 10.2. The number of likely N-dealkylation sites (tertiary alicyclic amines) is 1. The van der Waals surface area contributed by atoms with E-state index >= 15 is 0 Å². The second-order valence-electron chi connectivity index (χ2n) is 4.15. The molecule has 94 valence electrons. The molecule has 0 aromatic heterocycles. The van der Waals surface area contributed by atoms with Crippen molar-refractivity contribution in [1.82, 2.24) is 10.2 Å². The van der Waals surface area contributed by atoms with Gasteiger partial charge in [-0.25, -0.2) is 9.59 Å². The number of carboxylic acids is 1. The van der Waals surface area contributed by atoms with Gasteiger partial charge in [0.05, 0.1) is 0 Å². The Bertz CT molecular complexity index is 314. The molecule has 1 aliphatic heterocycles. The Morgan fingerprint density at radius 1 is 1.29 bits per heavy atom. The number of aliphatic carboxylic acids is 1. The summed E-state index contributed by atoms with van der Waals surface area (Å²) in [4.78, 5) is 24.3. The van der Waals surface area contributed by atoms with E-state index in [9.17, 15) is 9.59 Å². The minimum absolute atomic E-state index is 0.00884. The van der Waals surface area contributed by atoms with Crippen molar-refractivity contribution in [2.24, 2.45) is 0 Å². The Labute approximate surface area is 101 Å². The van der Waals surface area contributed by atoms with E-state index in [-0.39, 0.29) is 12.5 Å². The van der Waals surface area contributed by atoms with Crippen LogP contribution in [0.15, 0.2) is 0 Å². The molecule has 1 rings (SSSR count). The zero-order valence-corrected chi connectivity index (χ0v) is 9.82. The molecule has 0 bridgehead atoms. The molecule has 0 aromatic carbocycles. The summed E-state index contributed by atoms with van der Waals surface area (Å²) in [6, 6.07) is -1.31. The highest BCUT2D eigenvalue weighted by Gasteiger charge is 2.22. The van der Waals surface area contributed by atoms with E-state index in [0.717, 1.165) is 25.7 Å². The molecule has 1 unspecified atom stereocenters. The molecule has 17 heavy (non-hydrogen) atoms. The first kappa shape index (κ1) is 13.4. The number of carbonyl (C=O) groups excluding carboxylic acids is 1. The van der Waals surface area contributed by atoms with Crippen LogP contribution in [0, 0.1) is 12.3 Å². The smallest absolute Gasteiger partial charge is 0.327 e. The van der Waals surface area contributed by atoms with Crippen molar-refractivity contribution < 1.29 is 14.7 Å². The number of amides is 2. The standard InChI is InChI=1S/C12H18N2O3/c1-2-7-10(11(15)16)13-12(17)14-8-5-3-4-6-9-14/h1,10H,3-9H2,(H,13,17)(H,15,16). The number of hydrogen-bond acceptors (Lipinski definition) is 2. The third kappa shape index (κ3) is 4.35. The largest absolute Gasteiger partial charge is 0.480 e. The average molecular weight is 238 g/mol. The molecule has 1 saturated heterocycles. The van der Waals surface area contributed by atoms with Gasteiger partial charge >= 0.3 is 12.0 Å². The molecular weight excluding hydrogens is 220 g/mol. The molecule has 0 aromatic rings. The van der Waals surface area contributed by atoms with Crippen LogP contribution in [-0.4, -0.2) is 41.1 Å². The van der Waals surface area contributed by atoms with Gasteiger partial charge in [-0.3, -0.25) is 0 Å². The van der Waals surface area contributed by atoms with E-state index in [1.807, 2.05) is 0 Å². The third-order valence-electron chi connectivity index (χ3n) is 2.81. The van der Waals surface area contributed by atoms with Crippen LogP contribution in [-0.2, 0) is 4.79 Å². The van der Waals surface area contributed by atoms with Gasteiger partial charge in [-0.2, -0.15) is 0 Å². The highest BCUT2D eigenvalue weighted by molar-refractivity contribution is 5.82. The molecule has 0 aliphatic carbocycles. The van der Waals surface area contributed by atoms with Gasteiger partial charge in [0.2, 0.25) is 0 Å². The SMILES string of the molecule is C#CCC(NC(=O)N1CCCCCC1)C(=O)O. The van der Waals surface area contributed by atoms with E-state index in [0.29, 0.717) is 13.1 Å². The zero-order chi connectivity index (χ0) is 12.7. The number of nitrogens with one attached hydrogen (secondary N) is 1. The molecule has 1 atom stereocenters. The van der Waals surface area contributed by atoms with Gasteiger partial charge in [-0.15, -0.1) is 12.3 Å². The Hall–Kier alpha value is -1.70. The summed E-state index contributed by atoms with van der Waals surface area (Å²) < 4.78 is 0. The second-order valence-corrected chi connectivity index (χ2v) is 4.15. The Kier molecular flexibility index (Phi) is 5.34. The molecule has 1 heterocycles. The number of carbonyl (C=O) groups is 2. The van der Waals surface area contributed by atoms with Gasteiger partial charge in [0.15, 0.2) is 0 Å². The minimum Gasteiger partial charge on any atom is -0.480 e. The van der Waals surface area contributed by atoms with Crippen LogP contribution in [0.2, 0.25) is 0 Å². The second kappa shape index (κ2) is 6.79. The molecule has 2 amide bonds. The van der Waals surface area contributed by atoms with E-state index in [4.69, 9.17) is 11.5 Å². The maximum Gasteiger partial charge on any atom is 0.327 e. The van der Waals surface area contributed by atoms with Gasteiger partial charge in [-0.05, 0) is 12.8 Å². The summed E-state index contributed by atoms with van der Waals surface area (Å²) in [5.74, 6) is 1.16. The summed E-state index contributed by atoms with van der Waals surface area (Å²) in [6.07, 6.45) is 9.27. The number of rotatable bonds is 3. The van der Waals surface area contributed by atoms with Crippen molar-refractivity contribution in [3.05, 3.63) is 0 Å². The highest BCUT2D eigenvalue weighted by atomic mass is 16.4. The molecule has 1 fully saturated rings. The van der Waals surface area contributed by atoms with Crippen molar-refractivity contribution in [1.29, 1.82) is 0 Å². The topological polar surface area (TPSA) is 69.6 Å². The molecule has 5 heteroatoms. The molecule has 5 nitrogen and oxygen atoms in total. The zero-order valence-electron chi connectivity index (χ0n) is 9.82. The summed E-state index contributed by atoms with van der Waals surface area (Å²) in [6.45, 7) is 1.38. The van der Waals surface area contributed by atoms with E-state index in [2.05, 4.69) is 11.2 Å². The normalized spacial score (nSPS) is 17.7. The fourth-order valence-corrected chi connectivity index (χ4v) is 1.83. The predicted octanol–water partition coefficient (Wildman–Crippen LogP) is 1.05. The fourth-order valence-electron chi connectivity index (χ4n) is 1.83. The van der Waals surface area contributed by atoms with E-state index < -0.39 is 12.0 Å². The van der Waals surface area contributed by atoms with Crippen LogP contribution in [0.3, 0.4) is 0 Å². The van der Waals surface area contributed by atoms with Crippen molar-refractivity contribution in [3.8, 4) is 12.3 Å². The van der Waals surface area contributed by atoms with Crippen LogP contribution in [0.1, 0.15) is 32.1 Å². The Balaban J connectivity index is 2.50. The Morgan fingerprint density at radius 2 is 1.88 bits per heavy atom. The monoisotopic (exact) mass is 238 g/mol. The van der Waals surface area contributed by atoms with Crippen LogP contribution < -0.4 is 5.32 Å². The first-order valence-corrected chi connectivity index (χ1v) is 5.87. The van der Waals surface area contributed by atoms with Crippen LogP contribution in [0.4, 0.5) is 4.79 Å². The number of urea groups is 1. The average Bonchev–Trinajstić information content (AvgIpc) is 2.56. The fraction of sp³-hybridized carbons (Fsp3) is 0.667. The molecular formula is C12H18N2O3. The van der Waals surface area contributed by atoms with Gasteiger partial charge in [0.25, 0.3) is 0 Å². The number of hydrogen-bond donors (Lipinski definition) is 2. The Morgan fingerprint density at radius 3 is 2.35 bits per heavy atom. The molecule has 0 spiro atoms. The quantitative estimate of drug-likeness (QED) is 0.722. The molecule has 0 radical (unpaired) electrons. The van der Waals surface area contributed by atoms with Crippen molar-refractivity contribution in [2.45, 2.75) is 38.1 Å². The maximum atomic E-state index is 11.8. The lowest BCUT2D eigenvalue weighted by molar-refractivity contribution is -0.139. The first-order chi connectivity index (χ1) is 8.15. The van der Waals surface area contributed by atoms with Crippen LogP contribution in [0.25, 0.3) is 0 Å².